The van der Waals surface area contributed by atoms with Crippen molar-refractivity contribution in [3.8, 4) is 0 Å². The minimum atomic E-state index is -0.610. The third-order valence-electron chi connectivity index (χ3n) is 5.51. The highest BCUT2D eigenvalue weighted by Gasteiger charge is 2.25. The van der Waals surface area contributed by atoms with Crippen LogP contribution in [0.4, 0.5) is 0 Å². The van der Waals surface area contributed by atoms with E-state index < -0.39 is 6.10 Å². The Morgan fingerprint density at radius 2 is 1.52 bits per heavy atom. The van der Waals surface area contributed by atoms with E-state index in [0.717, 1.165) is 16.8 Å². The zero-order chi connectivity index (χ0) is 23.5. The molecule has 2 aromatic carbocycles. The summed E-state index contributed by atoms with van der Waals surface area (Å²) in [5.74, 6) is -0.284. The van der Waals surface area contributed by atoms with Crippen LogP contribution in [0.2, 0.25) is 0 Å². The Hall–Kier alpha value is -3.06. The summed E-state index contributed by atoms with van der Waals surface area (Å²) in [6.45, 7) is 2.28. The van der Waals surface area contributed by atoms with E-state index in [9.17, 15) is 9.90 Å². The highest BCUT2D eigenvalue weighted by Crippen LogP contribution is 2.26. The van der Waals surface area contributed by atoms with Gasteiger partial charge in [0, 0.05) is 32.9 Å². The van der Waals surface area contributed by atoms with Gasteiger partial charge in [0.05, 0.1) is 30.9 Å². The summed E-state index contributed by atoms with van der Waals surface area (Å²) in [6, 6.07) is 25.4. The average molecular weight is 448 g/mol. The zero-order valence-electron chi connectivity index (χ0n) is 19.4. The van der Waals surface area contributed by atoms with Crippen molar-refractivity contribution in [2.75, 3.05) is 40.3 Å². The maximum atomic E-state index is 13.4. The van der Waals surface area contributed by atoms with Gasteiger partial charge in [-0.25, -0.2) is 0 Å². The second kappa shape index (κ2) is 12.8. The molecule has 174 valence electrons. The van der Waals surface area contributed by atoms with Crippen LogP contribution in [0.25, 0.3) is 0 Å². The number of amides is 1. The van der Waals surface area contributed by atoms with Gasteiger partial charge >= 0.3 is 0 Å². The number of hydrogen-bond acceptors (Lipinski definition) is 5. The molecule has 6 heteroatoms. The molecule has 0 saturated heterocycles. The number of aliphatic hydroxyl groups excluding tert-OH is 1. The van der Waals surface area contributed by atoms with Crippen LogP contribution in [-0.4, -0.2) is 72.2 Å². The van der Waals surface area contributed by atoms with Crippen LogP contribution >= 0.6 is 0 Å². The number of aromatic nitrogens is 1. The van der Waals surface area contributed by atoms with E-state index in [1.54, 1.807) is 11.1 Å². The third-order valence-corrected chi connectivity index (χ3v) is 5.51. The molecule has 1 atom stereocenters. The fourth-order valence-electron chi connectivity index (χ4n) is 3.71. The van der Waals surface area contributed by atoms with Crippen molar-refractivity contribution in [1.82, 2.24) is 14.8 Å². The summed E-state index contributed by atoms with van der Waals surface area (Å²) < 4.78 is 5.57. The maximum absolute atomic E-state index is 13.4. The normalized spacial score (nSPS) is 12.2. The van der Waals surface area contributed by atoms with Crippen LogP contribution in [-0.2, 0) is 16.1 Å². The number of carbonyl (C=O) groups excluding carboxylic acids is 1. The van der Waals surface area contributed by atoms with Crippen LogP contribution in [0.5, 0.6) is 0 Å². The lowest BCUT2D eigenvalue weighted by Gasteiger charge is -2.27. The average Bonchev–Trinajstić information content (AvgIpc) is 2.84. The standard InChI is InChI=1S/C27H33N3O3/c1-29(19-25(31)21-33-20-24-15-9-10-16-28-24)17-18-30(2)27(32)26(22-11-5-3-6-12-22)23-13-7-4-8-14-23/h3-16,25-26,31H,17-21H2,1-2H3. The molecule has 1 heterocycles. The number of ether oxygens (including phenoxy) is 1. The first-order chi connectivity index (χ1) is 16.0. The number of nitrogens with zero attached hydrogens (tertiary/aromatic N) is 3. The molecule has 0 fully saturated rings. The Labute approximate surface area is 196 Å². The van der Waals surface area contributed by atoms with E-state index in [1.165, 1.54) is 0 Å². The van der Waals surface area contributed by atoms with Gasteiger partial charge in [-0.2, -0.15) is 0 Å². The van der Waals surface area contributed by atoms with Crippen LogP contribution in [0, 0.1) is 0 Å². The SMILES string of the molecule is CN(CCN(C)C(=O)C(c1ccccc1)c1ccccc1)CC(O)COCc1ccccn1. The van der Waals surface area contributed by atoms with Gasteiger partial charge in [-0.15, -0.1) is 0 Å². The minimum absolute atomic E-state index is 0.0556. The molecule has 3 aromatic rings. The lowest BCUT2D eigenvalue weighted by Crippen LogP contribution is -2.40. The number of rotatable bonds is 12. The van der Waals surface area contributed by atoms with Gasteiger partial charge in [0.25, 0.3) is 0 Å². The molecule has 0 radical (unpaired) electrons. The minimum Gasteiger partial charge on any atom is -0.389 e. The highest BCUT2D eigenvalue weighted by atomic mass is 16.5. The molecule has 3 rings (SSSR count). The number of carbonyl (C=O) groups is 1. The topological polar surface area (TPSA) is 65.9 Å². The van der Waals surface area contributed by atoms with Gasteiger partial charge in [-0.1, -0.05) is 66.7 Å². The fraction of sp³-hybridized carbons (Fsp3) is 0.333. The molecular formula is C27H33N3O3. The second-order valence-corrected chi connectivity index (χ2v) is 8.27. The third kappa shape index (κ3) is 7.79. The molecule has 1 N–H and O–H groups in total. The van der Waals surface area contributed by atoms with Gasteiger partial charge in [0.2, 0.25) is 5.91 Å². The van der Waals surface area contributed by atoms with E-state index in [-0.39, 0.29) is 18.4 Å². The molecule has 1 aromatic heterocycles. The lowest BCUT2D eigenvalue weighted by molar-refractivity contribution is -0.130. The largest absolute Gasteiger partial charge is 0.389 e. The quantitative estimate of drug-likeness (QED) is 0.462. The predicted molar refractivity (Wildman–Crippen MR) is 130 cm³/mol. The smallest absolute Gasteiger partial charge is 0.234 e. The van der Waals surface area contributed by atoms with E-state index in [2.05, 4.69) is 4.98 Å². The molecule has 0 bridgehead atoms. The van der Waals surface area contributed by atoms with Gasteiger partial charge in [-0.3, -0.25) is 9.78 Å². The van der Waals surface area contributed by atoms with Crippen LogP contribution < -0.4 is 0 Å². The lowest BCUT2D eigenvalue weighted by atomic mass is 9.90. The van der Waals surface area contributed by atoms with E-state index >= 15 is 0 Å². The van der Waals surface area contributed by atoms with Crippen LogP contribution in [0.3, 0.4) is 0 Å². The predicted octanol–water partition coefficient (Wildman–Crippen LogP) is 3.18. The Morgan fingerprint density at radius 3 is 2.09 bits per heavy atom. The molecule has 0 aliphatic rings. The first-order valence-electron chi connectivity index (χ1n) is 11.2. The number of hydrogen-bond donors (Lipinski definition) is 1. The Bertz CT molecular complexity index is 915. The second-order valence-electron chi connectivity index (χ2n) is 8.27. The number of likely N-dealkylation sites (N-methyl/N-ethyl adjacent to an activating group) is 2. The summed E-state index contributed by atoms with van der Waals surface area (Å²) in [5, 5.41) is 10.3. The summed E-state index contributed by atoms with van der Waals surface area (Å²) in [6.07, 6.45) is 1.11. The van der Waals surface area contributed by atoms with Gasteiger partial charge in [0.1, 0.15) is 0 Å². The number of pyridine rings is 1. The summed E-state index contributed by atoms with van der Waals surface area (Å²) in [4.78, 5) is 21.4. The Balaban J connectivity index is 1.48. The van der Waals surface area contributed by atoms with Crippen molar-refractivity contribution in [3.05, 3.63) is 102 Å². The molecule has 1 unspecified atom stereocenters. The van der Waals surface area contributed by atoms with Crippen molar-refractivity contribution >= 4 is 5.91 Å². The van der Waals surface area contributed by atoms with Crippen molar-refractivity contribution in [1.29, 1.82) is 0 Å². The summed E-state index contributed by atoms with van der Waals surface area (Å²) in [5.41, 5.74) is 2.80. The molecule has 0 saturated carbocycles. The first-order valence-corrected chi connectivity index (χ1v) is 11.2. The van der Waals surface area contributed by atoms with Crippen molar-refractivity contribution in [3.63, 3.8) is 0 Å². The Kier molecular flexibility index (Phi) is 9.57. The number of benzene rings is 2. The van der Waals surface area contributed by atoms with E-state index in [4.69, 9.17) is 4.74 Å². The van der Waals surface area contributed by atoms with E-state index in [1.807, 2.05) is 97.9 Å². The van der Waals surface area contributed by atoms with Gasteiger partial charge in [0.15, 0.2) is 0 Å². The maximum Gasteiger partial charge on any atom is 0.234 e. The molecule has 6 nitrogen and oxygen atoms in total. The number of aliphatic hydroxyl groups is 1. The van der Waals surface area contributed by atoms with Gasteiger partial charge < -0.3 is 19.6 Å². The molecule has 0 aliphatic heterocycles. The van der Waals surface area contributed by atoms with E-state index in [0.29, 0.717) is 26.2 Å². The molecule has 0 aliphatic carbocycles. The zero-order valence-corrected chi connectivity index (χ0v) is 19.4. The van der Waals surface area contributed by atoms with Crippen LogP contribution in [0.1, 0.15) is 22.7 Å². The van der Waals surface area contributed by atoms with Crippen LogP contribution in [0.15, 0.2) is 85.1 Å². The first kappa shape index (κ1) is 24.6. The summed E-state index contributed by atoms with van der Waals surface area (Å²) >= 11 is 0. The van der Waals surface area contributed by atoms with Crippen molar-refractivity contribution in [2.45, 2.75) is 18.6 Å². The van der Waals surface area contributed by atoms with Gasteiger partial charge in [-0.05, 0) is 30.3 Å². The van der Waals surface area contributed by atoms with Crippen molar-refractivity contribution in [2.24, 2.45) is 0 Å². The Morgan fingerprint density at radius 1 is 0.909 bits per heavy atom. The molecular weight excluding hydrogens is 414 g/mol. The molecule has 1 amide bonds. The van der Waals surface area contributed by atoms with Crippen molar-refractivity contribution < 1.29 is 14.6 Å². The summed E-state index contributed by atoms with van der Waals surface area (Å²) in [7, 11) is 3.77. The molecule has 33 heavy (non-hydrogen) atoms. The molecule has 0 spiro atoms. The fourth-order valence-corrected chi connectivity index (χ4v) is 3.71. The monoisotopic (exact) mass is 447 g/mol. The highest BCUT2D eigenvalue weighted by molar-refractivity contribution is 5.87.